The lowest BCUT2D eigenvalue weighted by Gasteiger charge is -2.31. The molecule has 1 fully saturated rings. The molecule has 0 saturated heterocycles. The van der Waals surface area contributed by atoms with E-state index in [1.165, 1.54) is 13.5 Å². The van der Waals surface area contributed by atoms with Gasteiger partial charge >= 0.3 is 5.97 Å². The highest BCUT2D eigenvalue weighted by molar-refractivity contribution is 6.00. The molecule has 12 nitrogen and oxygen atoms in total. The number of aromatic hydroxyl groups is 1. The first kappa shape index (κ1) is 40.7. The number of ether oxygens (including phenoxy) is 1. The van der Waals surface area contributed by atoms with E-state index in [9.17, 15) is 29.1 Å². The van der Waals surface area contributed by atoms with Crippen molar-refractivity contribution in [2.45, 2.75) is 129 Å². The highest BCUT2D eigenvalue weighted by atomic mass is 16.5. The Kier molecular flexibility index (Phi) is 18.2. The van der Waals surface area contributed by atoms with Gasteiger partial charge in [-0.25, -0.2) is 0 Å². The highest BCUT2D eigenvalue weighted by Crippen LogP contribution is 2.28. The normalized spacial score (nSPS) is 15.3. The Bertz CT molecular complexity index is 1190. The number of benzene rings is 1. The van der Waals surface area contributed by atoms with Crippen molar-refractivity contribution in [3.63, 3.8) is 0 Å². The average molecular weight is 674 g/mol. The number of nitrogens with zero attached hydrogens (tertiary/aromatic N) is 1. The molecule has 1 aliphatic carbocycles. The summed E-state index contributed by atoms with van der Waals surface area (Å²) < 4.78 is 4.70. The first-order chi connectivity index (χ1) is 22.9. The maximum Gasteiger partial charge on any atom is 0.305 e. The Morgan fingerprint density at radius 3 is 2.27 bits per heavy atom. The molecule has 0 aromatic heterocycles. The lowest BCUT2D eigenvalue weighted by Crippen LogP contribution is -2.54. The summed E-state index contributed by atoms with van der Waals surface area (Å²) in [6.07, 6.45) is 11.0. The second-order valence-electron chi connectivity index (χ2n) is 13.3. The van der Waals surface area contributed by atoms with Gasteiger partial charge in [0, 0.05) is 6.42 Å². The van der Waals surface area contributed by atoms with Crippen LogP contribution in [0.2, 0.25) is 0 Å². The van der Waals surface area contributed by atoms with Gasteiger partial charge in [0.2, 0.25) is 23.6 Å². The number of phenolic OH excluding ortho intramolecular Hbond substituents is 1. The minimum atomic E-state index is -0.921. The summed E-state index contributed by atoms with van der Waals surface area (Å²) in [6, 6.07) is 0.931. The van der Waals surface area contributed by atoms with Crippen LogP contribution in [0.1, 0.15) is 107 Å². The second kappa shape index (κ2) is 21.5. The third-order valence-electron chi connectivity index (χ3n) is 9.34. The van der Waals surface area contributed by atoms with Gasteiger partial charge in [0.05, 0.1) is 25.7 Å². The molecule has 12 heteroatoms. The van der Waals surface area contributed by atoms with Gasteiger partial charge in [0.1, 0.15) is 11.8 Å². The van der Waals surface area contributed by atoms with Crippen LogP contribution in [0.5, 0.6) is 5.75 Å². The zero-order chi connectivity index (χ0) is 35.6. The van der Waals surface area contributed by atoms with E-state index in [1.807, 2.05) is 32.7 Å². The van der Waals surface area contributed by atoms with Crippen LogP contribution in [0, 0.1) is 19.8 Å². The number of carbonyl (C=O) groups is 5. The van der Waals surface area contributed by atoms with Crippen molar-refractivity contribution >= 4 is 29.6 Å². The number of phenols is 1. The van der Waals surface area contributed by atoms with Gasteiger partial charge in [0.25, 0.3) is 0 Å². The van der Waals surface area contributed by atoms with Gasteiger partial charge in [-0.3, -0.25) is 34.2 Å². The van der Waals surface area contributed by atoms with Gasteiger partial charge in [-0.2, -0.15) is 0 Å². The average Bonchev–Trinajstić information content (AvgIpc) is 3.05. The number of amides is 4. The van der Waals surface area contributed by atoms with Crippen molar-refractivity contribution in [2.75, 3.05) is 27.2 Å². The molecule has 0 heterocycles. The summed E-state index contributed by atoms with van der Waals surface area (Å²) in [6.45, 7) is 5.89. The van der Waals surface area contributed by atoms with Gasteiger partial charge in [-0.1, -0.05) is 58.3 Å². The number of hydrogen-bond donors (Lipinski definition) is 5. The maximum atomic E-state index is 13.4. The maximum absolute atomic E-state index is 13.4. The van der Waals surface area contributed by atoms with E-state index >= 15 is 0 Å². The fourth-order valence-electron chi connectivity index (χ4n) is 6.41. The molecule has 0 radical (unpaired) electrons. The monoisotopic (exact) mass is 673 g/mol. The molecule has 48 heavy (non-hydrogen) atoms. The van der Waals surface area contributed by atoms with Crippen LogP contribution >= 0.6 is 0 Å². The number of imide groups is 1. The summed E-state index contributed by atoms with van der Waals surface area (Å²) in [7, 11) is 3.26. The van der Waals surface area contributed by atoms with E-state index in [0.29, 0.717) is 44.6 Å². The van der Waals surface area contributed by atoms with E-state index in [4.69, 9.17) is 10.5 Å². The molecule has 270 valence electrons. The minimum Gasteiger partial charge on any atom is -0.508 e. The minimum absolute atomic E-state index is 0.143. The van der Waals surface area contributed by atoms with Gasteiger partial charge < -0.3 is 26.2 Å². The zero-order valence-electron chi connectivity index (χ0n) is 29.7. The lowest BCUT2D eigenvalue weighted by molar-refractivity contribution is -0.140. The van der Waals surface area contributed by atoms with Gasteiger partial charge in [-0.05, 0) is 94.3 Å². The second-order valence-corrected chi connectivity index (χ2v) is 13.3. The van der Waals surface area contributed by atoms with E-state index in [1.54, 1.807) is 12.1 Å². The Morgan fingerprint density at radius 2 is 1.65 bits per heavy atom. The molecule has 6 N–H and O–H groups in total. The largest absolute Gasteiger partial charge is 0.508 e. The molecule has 0 aliphatic heterocycles. The predicted molar refractivity (Wildman–Crippen MR) is 185 cm³/mol. The van der Waals surface area contributed by atoms with E-state index in [0.717, 1.165) is 61.6 Å². The smallest absolute Gasteiger partial charge is 0.305 e. The molecule has 1 aliphatic rings. The molecule has 4 amide bonds. The quantitative estimate of drug-likeness (QED) is 0.103. The van der Waals surface area contributed by atoms with Crippen molar-refractivity contribution in [1.82, 2.24) is 20.9 Å². The number of aryl methyl sites for hydroxylation is 2. The first-order valence-electron chi connectivity index (χ1n) is 17.6. The third-order valence-corrected chi connectivity index (χ3v) is 9.34. The molecule has 0 unspecified atom stereocenters. The predicted octanol–water partition coefficient (Wildman–Crippen LogP) is 3.32. The van der Waals surface area contributed by atoms with Crippen molar-refractivity contribution in [2.24, 2.45) is 11.7 Å². The number of hydrogen-bond acceptors (Lipinski definition) is 9. The Morgan fingerprint density at radius 1 is 0.979 bits per heavy atom. The van der Waals surface area contributed by atoms with Crippen LogP contribution in [0.4, 0.5) is 0 Å². The Hall–Kier alpha value is -3.51. The summed E-state index contributed by atoms with van der Waals surface area (Å²) in [4.78, 5) is 65.9. The molecule has 1 saturated carbocycles. The van der Waals surface area contributed by atoms with Crippen molar-refractivity contribution < 1.29 is 33.8 Å². The fourth-order valence-corrected chi connectivity index (χ4v) is 6.41. The molecule has 2 rings (SSSR count). The van der Waals surface area contributed by atoms with Gasteiger partial charge in [-0.15, -0.1) is 0 Å². The van der Waals surface area contributed by atoms with Crippen LogP contribution in [0.3, 0.4) is 0 Å². The van der Waals surface area contributed by atoms with Crippen molar-refractivity contribution in [3.8, 4) is 5.75 Å². The standard InChI is InChI=1S/C36H59N5O7/c1-6-7-16-30(39-34(45)29(37)22-28-24(2)19-27(42)20-25(28)3)35(46)38-23-32(43)40-36(47)31(21-26-14-10-8-11-15-26)41(4)18-13-9-12-17-33(44)48-5/h19-20,26,29-31,42H,6-18,21-23,37H2,1-5H3,(H,38,46)(H,39,45)(H,40,43,47)/t29-,30+,31-/m0/s1. The number of methoxy groups -OCH3 is 1. The number of rotatable bonds is 20. The summed E-state index contributed by atoms with van der Waals surface area (Å²) >= 11 is 0. The van der Waals surface area contributed by atoms with Crippen LogP contribution in [0.15, 0.2) is 12.1 Å². The number of unbranched alkanes of at least 4 members (excludes halogenated alkanes) is 3. The first-order valence-corrected chi connectivity index (χ1v) is 17.6. The molecule has 3 atom stereocenters. The fraction of sp³-hybridized carbons (Fsp3) is 0.694. The highest BCUT2D eigenvalue weighted by Gasteiger charge is 2.29. The van der Waals surface area contributed by atoms with Crippen LogP contribution in [-0.4, -0.2) is 85.0 Å². The molecular formula is C36H59N5O7. The van der Waals surface area contributed by atoms with E-state index in [2.05, 4.69) is 16.0 Å². The topological polar surface area (TPSA) is 180 Å². The number of carbonyl (C=O) groups excluding carboxylic acids is 5. The summed E-state index contributed by atoms with van der Waals surface area (Å²) in [5, 5.41) is 17.7. The summed E-state index contributed by atoms with van der Waals surface area (Å²) in [5.41, 5.74) is 8.73. The molecular weight excluding hydrogens is 614 g/mol. The molecule has 1 aromatic rings. The molecule has 0 bridgehead atoms. The van der Waals surface area contributed by atoms with Crippen LogP contribution in [0.25, 0.3) is 0 Å². The van der Waals surface area contributed by atoms with E-state index in [-0.39, 0.29) is 18.1 Å². The van der Waals surface area contributed by atoms with Crippen molar-refractivity contribution in [3.05, 3.63) is 28.8 Å². The number of likely N-dealkylation sites (N-methyl/N-ethyl adjacent to an activating group) is 1. The lowest BCUT2D eigenvalue weighted by atomic mass is 9.84. The number of esters is 1. The Labute approximate surface area is 286 Å². The van der Waals surface area contributed by atoms with E-state index < -0.39 is 48.3 Å². The number of nitrogens with one attached hydrogen (secondary N) is 3. The summed E-state index contributed by atoms with van der Waals surface area (Å²) in [5.74, 6) is -1.71. The third kappa shape index (κ3) is 14.3. The molecule has 0 spiro atoms. The van der Waals surface area contributed by atoms with Crippen LogP contribution < -0.4 is 21.7 Å². The molecule has 1 aromatic carbocycles. The SMILES string of the molecule is CCCC[C@@H](NC(=O)[C@@H](N)Cc1c(C)cc(O)cc1C)C(=O)NCC(=O)NC(=O)[C@H](CC1CCCCC1)N(C)CCCCCC(=O)OC. The Balaban J connectivity index is 1.96. The van der Waals surface area contributed by atoms with Crippen LogP contribution in [-0.2, 0) is 35.1 Å². The van der Waals surface area contributed by atoms with Gasteiger partial charge in [0.15, 0.2) is 0 Å². The number of nitrogens with two attached hydrogens (primary N) is 1. The zero-order valence-corrected chi connectivity index (χ0v) is 29.7. The van der Waals surface area contributed by atoms with Crippen molar-refractivity contribution in [1.29, 1.82) is 0 Å².